The molecule has 0 bridgehead atoms. The number of rotatable bonds is 56. The number of aliphatic hydroxyl groups is 2. The number of hydrogen-bond donors (Lipinski definition) is 3. The van der Waals surface area contributed by atoms with Crippen LogP contribution in [0.1, 0.15) is 328 Å². The second-order valence-corrected chi connectivity index (χ2v) is 20.7. The standard InChI is InChI=1S/C61H117NO5/c1-3-5-7-9-11-13-15-17-19-23-26-29-33-37-41-45-49-53-59(64)58(57-63)62-60(65)54-50-46-42-38-34-30-27-24-21-20-22-25-28-32-36-40-44-48-52-56-67-61(66)55-51-47-43-39-35-31-18-16-14-12-10-8-6-4-2/h16,18,20-21,58-59,63-64H,3-15,17,19,22-57H2,1-2H3,(H,62,65)/b18-16-,21-20-. The number of nitrogens with one attached hydrogen (secondary N) is 1. The number of unbranched alkanes of at least 4 members (excludes halogenated alkanes) is 41. The molecule has 396 valence electrons. The molecular weight excluding hydrogens is 827 g/mol. The molecule has 0 saturated carbocycles. The second-order valence-electron chi connectivity index (χ2n) is 20.7. The van der Waals surface area contributed by atoms with E-state index in [9.17, 15) is 19.8 Å². The molecule has 2 atom stereocenters. The van der Waals surface area contributed by atoms with Gasteiger partial charge in [-0.1, -0.05) is 263 Å². The quantitative estimate of drug-likeness (QED) is 0.0321. The summed E-state index contributed by atoms with van der Waals surface area (Å²) in [5.41, 5.74) is 0. The van der Waals surface area contributed by atoms with Gasteiger partial charge < -0.3 is 20.3 Å². The van der Waals surface area contributed by atoms with Gasteiger partial charge in [0.05, 0.1) is 25.4 Å². The number of aliphatic hydroxyl groups excluding tert-OH is 2. The van der Waals surface area contributed by atoms with Crippen molar-refractivity contribution in [3.63, 3.8) is 0 Å². The molecule has 0 aromatic carbocycles. The summed E-state index contributed by atoms with van der Waals surface area (Å²) >= 11 is 0. The minimum absolute atomic E-state index is 0.00422. The molecule has 6 nitrogen and oxygen atoms in total. The Morgan fingerprint density at radius 2 is 0.701 bits per heavy atom. The van der Waals surface area contributed by atoms with E-state index >= 15 is 0 Å². The van der Waals surface area contributed by atoms with Crippen LogP contribution in [0.3, 0.4) is 0 Å². The smallest absolute Gasteiger partial charge is 0.305 e. The van der Waals surface area contributed by atoms with Gasteiger partial charge in [0.2, 0.25) is 5.91 Å². The molecule has 0 aromatic heterocycles. The van der Waals surface area contributed by atoms with Crippen molar-refractivity contribution in [2.75, 3.05) is 13.2 Å². The molecule has 0 aliphatic carbocycles. The lowest BCUT2D eigenvalue weighted by molar-refractivity contribution is -0.143. The second kappa shape index (κ2) is 56.9. The van der Waals surface area contributed by atoms with Crippen molar-refractivity contribution in [3.05, 3.63) is 24.3 Å². The van der Waals surface area contributed by atoms with Gasteiger partial charge in [-0.15, -0.1) is 0 Å². The van der Waals surface area contributed by atoms with E-state index in [2.05, 4.69) is 43.5 Å². The molecule has 3 N–H and O–H groups in total. The summed E-state index contributed by atoms with van der Waals surface area (Å²) in [6, 6.07) is -0.549. The van der Waals surface area contributed by atoms with Crippen molar-refractivity contribution < 1.29 is 24.5 Å². The third kappa shape index (κ3) is 53.5. The summed E-state index contributed by atoms with van der Waals surface area (Å²) in [6.07, 6.45) is 68.9. The summed E-state index contributed by atoms with van der Waals surface area (Å²) < 4.78 is 5.47. The van der Waals surface area contributed by atoms with Crippen molar-refractivity contribution >= 4 is 11.9 Å². The summed E-state index contributed by atoms with van der Waals surface area (Å²) in [5.74, 6) is -0.0468. The number of carbonyl (C=O) groups excluding carboxylic acids is 2. The molecule has 67 heavy (non-hydrogen) atoms. The molecule has 1 amide bonds. The molecule has 0 radical (unpaired) electrons. The van der Waals surface area contributed by atoms with Crippen LogP contribution in [0.25, 0.3) is 0 Å². The minimum atomic E-state index is -0.671. The van der Waals surface area contributed by atoms with Gasteiger partial charge in [0.25, 0.3) is 0 Å². The fourth-order valence-corrected chi connectivity index (χ4v) is 9.34. The predicted octanol–water partition coefficient (Wildman–Crippen LogP) is 18.6. The van der Waals surface area contributed by atoms with Crippen LogP contribution in [0.2, 0.25) is 0 Å². The normalized spacial score (nSPS) is 12.7. The highest BCUT2D eigenvalue weighted by Crippen LogP contribution is 2.17. The van der Waals surface area contributed by atoms with Crippen LogP contribution in [0.4, 0.5) is 0 Å². The third-order valence-corrected chi connectivity index (χ3v) is 14.0. The van der Waals surface area contributed by atoms with Gasteiger partial charge in [-0.05, 0) is 77.0 Å². The summed E-state index contributed by atoms with van der Waals surface area (Å²) in [7, 11) is 0. The number of carbonyl (C=O) groups is 2. The Labute approximate surface area is 418 Å². The lowest BCUT2D eigenvalue weighted by atomic mass is 10.0. The maximum absolute atomic E-state index is 12.5. The number of hydrogen-bond acceptors (Lipinski definition) is 5. The Morgan fingerprint density at radius 3 is 1.06 bits per heavy atom. The Hall–Kier alpha value is -1.66. The molecule has 0 aliphatic rings. The highest BCUT2D eigenvalue weighted by Gasteiger charge is 2.20. The van der Waals surface area contributed by atoms with Crippen molar-refractivity contribution in [3.8, 4) is 0 Å². The third-order valence-electron chi connectivity index (χ3n) is 14.0. The monoisotopic (exact) mass is 944 g/mol. The van der Waals surface area contributed by atoms with Crippen LogP contribution < -0.4 is 5.32 Å². The van der Waals surface area contributed by atoms with E-state index in [1.165, 1.54) is 250 Å². The fraction of sp³-hybridized carbons (Fsp3) is 0.902. The molecule has 0 rings (SSSR count). The largest absolute Gasteiger partial charge is 0.466 e. The molecule has 6 heteroatoms. The molecule has 2 unspecified atom stereocenters. The van der Waals surface area contributed by atoms with Crippen molar-refractivity contribution in [1.82, 2.24) is 5.32 Å². The first-order chi connectivity index (χ1) is 33.0. The van der Waals surface area contributed by atoms with Crippen LogP contribution in [0.15, 0.2) is 24.3 Å². The van der Waals surface area contributed by atoms with Crippen LogP contribution in [0.5, 0.6) is 0 Å². The Morgan fingerprint density at radius 1 is 0.403 bits per heavy atom. The van der Waals surface area contributed by atoms with Gasteiger partial charge in [0, 0.05) is 12.8 Å². The highest BCUT2D eigenvalue weighted by molar-refractivity contribution is 5.76. The zero-order valence-electron chi connectivity index (χ0n) is 45.1. The Bertz CT molecular complexity index is 1040. The van der Waals surface area contributed by atoms with Gasteiger partial charge in [0.1, 0.15) is 0 Å². The molecule has 0 heterocycles. The first-order valence-corrected chi connectivity index (χ1v) is 30.1. The first-order valence-electron chi connectivity index (χ1n) is 30.1. The molecule has 0 spiro atoms. The van der Waals surface area contributed by atoms with E-state index in [1.54, 1.807) is 0 Å². The number of allylic oxidation sites excluding steroid dienone is 4. The van der Waals surface area contributed by atoms with Gasteiger partial charge in [-0.3, -0.25) is 9.59 Å². The average Bonchev–Trinajstić information content (AvgIpc) is 3.33. The summed E-state index contributed by atoms with van der Waals surface area (Å²) in [5, 5.41) is 23.3. The first kappa shape index (κ1) is 65.3. The Kier molecular flexibility index (Phi) is 55.5. The zero-order valence-corrected chi connectivity index (χ0v) is 45.1. The fourth-order valence-electron chi connectivity index (χ4n) is 9.34. The van der Waals surface area contributed by atoms with Crippen molar-refractivity contribution in [1.29, 1.82) is 0 Å². The van der Waals surface area contributed by atoms with Crippen LogP contribution in [0, 0.1) is 0 Å². The molecular formula is C61H117NO5. The van der Waals surface area contributed by atoms with Crippen molar-refractivity contribution in [2.45, 2.75) is 341 Å². The summed E-state index contributed by atoms with van der Waals surface area (Å²) in [4.78, 5) is 24.5. The minimum Gasteiger partial charge on any atom is -0.466 e. The topological polar surface area (TPSA) is 95.9 Å². The van der Waals surface area contributed by atoms with E-state index in [1.807, 2.05) is 0 Å². The number of esters is 1. The predicted molar refractivity (Wildman–Crippen MR) is 292 cm³/mol. The van der Waals surface area contributed by atoms with Crippen LogP contribution in [-0.4, -0.2) is 47.4 Å². The van der Waals surface area contributed by atoms with E-state index in [0.29, 0.717) is 25.9 Å². The number of ether oxygens (including phenoxy) is 1. The van der Waals surface area contributed by atoms with E-state index < -0.39 is 12.1 Å². The lowest BCUT2D eigenvalue weighted by Crippen LogP contribution is -2.45. The lowest BCUT2D eigenvalue weighted by Gasteiger charge is -2.22. The number of amides is 1. The molecule has 0 aliphatic heterocycles. The molecule has 0 aromatic rings. The average molecular weight is 945 g/mol. The van der Waals surface area contributed by atoms with Gasteiger partial charge >= 0.3 is 5.97 Å². The van der Waals surface area contributed by atoms with Gasteiger partial charge in [-0.2, -0.15) is 0 Å². The SMILES string of the molecule is CCCCCCC/C=C\CCCCCCCC(=O)OCCCCCCCCCC/C=C\CCCCCCCCCC(=O)NC(CO)C(O)CCCCCCCCCCCCCCCCCCC. The summed E-state index contributed by atoms with van der Waals surface area (Å²) in [6.45, 7) is 4.94. The van der Waals surface area contributed by atoms with E-state index in [4.69, 9.17) is 4.74 Å². The maximum atomic E-state index is 12.5. The van der Waals surface area contributed by atoms with Gasteiger partial charge in [0.15, 0.2) is 0 Å². The van der Waals surface area contributed by atoms with E-state index in [0.717, 1.165) is 44.9 Å². The zero-order chi connectivity index (χ0) is 48.6. The maximum Gasteiger partial charge on any atom is 0.305 e. The molecule has 0 saturated heterocycles. The highest BCUT2D eigenvalue weighted by atomic mass is 16.5. The molecule has 0 fully saturated rings. The van der Waals surface area contributed by atoms with Crippen molar-refractivity contribution in [2.24, 2.45) is 0 Å². The van der Waals surface area contributed by atoms with Crippen LogP contribution >= 0.6 is 0 Å². The Balaban J connectivity index is 3.44. The van der Waals surface area contributed by atoms with Crippen LogP contribution in [-0.2, 0) is 14.3 Å². The van der Waals surface area contributed by atoms with E-state index in [-0.39, 0.29) is 18.5 Å². The van der Waals surface area contributed by atoms with Gasteiger partial charge in [-0.25, -0.2) is 0 Å².